The maximum absolute atomic E-state index is 13.9. The van der Waals surface area contributed by atoms with Crippen LogP contribution in [-0.4, -0.2) is 138 Å². The van der Waals surface area contributed by atoms with Crippen LogP contribution < -0.4 is 35.4 Å². The molecule has 6 N–H and O–H groups in total. The average molecular weight is 993 g/mol. The Bertz CT molecular complexity index is 2820. The van der Waals surface area contributed by atoms with Gasteiger partial charge in [-0.3, -0.25) is 19.9 Å². The van der Waals surface area contributed by atoms with Gasteiger partial charge in [0.2, 0.25) is 11.9 Å². The number of nitrogens with zero attached hydrogens (tertiary/aromatic N) is 9. The number of urea groups is 1. The Morgan fingerprint density at radius 3 is 2.25 bits per heavy atom. The van der Waals surface area contributed by atoms with E-state index in [0.717, 1.165) is 125 Å². The minimum absolute atomic E-state index is 0.0172. The van der Waals surface area contributed by atoms with Crippen molar-refractivity contribution in [3.05, 3.63) is 107 Å². The van der Waals surface area contributed by atoms with E-state index < -0.39 is 6.03 Å². The molecular formula is C55H68N12O6. The highest BCUT2D eigenvalue weighted by atomic mass is 16.5. The van der Waals surface area contributed by atoms with E-state index in [1.807, 2.05) is 74.3 Å². The van der Waals surface area contributed by atoms with Gasteiger partial charge < -0.3 is 50.5 Å². The highest BCUT2D eigenvalue weighted by Gasteiger charge is 2.33. The summed E-state index contributed by atoms with van der Waals surface area (Å²) in [7, 11) is 3.64. The largest absolute Gasteiger partial charge is 0.508 e. The lowest BCUT2D eigenvalue weighted by atomic mass is 9.91. The third kappa shape index (κ3) is 11.0. The summed E-state index contributed by atoms with van der Waals surface area (Å²) < 4.78 is 6.13. The predicted octanol–water partition coefficient (Wildman–Crippen LogP) is 7.52. The fraction of sp³-hybridized carbons (Fsp3) is 0.418. The number of piperazine rings is 1. The van der Waals surface area contributed by atoms with Gasteiger partial charge in [-0.25, -0.2) is 14.7 Å². The molecule has 4 amide bonds. The van der Waals surface area contributed by atoms with Crippen molar-refractivity contribution in [3.63, 3.8) is 0 Å². The Kier molecular flexibility index (Phi) is 15.3. The molecule has 5 aromatic rings. The number of benzene rings is 4. The number of likely N-dealkylation sites (tertiary alicyclic amines) is 1. The van der Waals surface area contributed by atoms with Crippen LogP contribution in [0.1, 0.15) is 73.0 Å². The molecule has 0 unspecified atom stereocenters. The Morgan fingerprint density at radius 2 is 1.55 bits per heavy atom. The Balaban J connectivity index is 0.716. The lowest BCUT2D eigenvalue weighted by molar-refractivity contribution is -0.137. The summed E-state index contributed by atoms with van der Waals surface area (Å²) in [5.41, 5.74) is 11.7. The quantitative estimate of drug-likeness (QED) is 0.0539. The van der Waals surface area contributed by atoms with Crippen LogP contribution in [0.25, 0.3) is 0 Å². The fourth-order valence-corrected chi connectivity index (χ4v) is 10.7. The van der Waals surface area contributed by atoms with Gasteiger partial charge in [-0.05, 0) is 98.5 Å². The van der Waals surface area contributed by atoms with Gasteiger partial charge in [0.05, 0.1) is 41.0 Å². The normalized spacial score (nSPS) is 17.0. The number of phenols is 2. The van der Waals surface area contributed by atoms with Crippen molar-refractivity contribution in [2.24, 2.45) is 17.6 Å². The number of nitrogens with one attached hydrogen (secondary N) is 2. The van der Waals surface area contributed by atoms with Crippen molar-refractivity contribution in [2.45, 2.75) is 58.9 Å². The molecule has 0 radical (unpaired) electrons. The van der Waals surface area contributed by atoms with E-state index in [-0.39, 0.29) is 40.6 Å². The highest BCUT2D eigenvalue weighted by molar-refractivity contribution is 6.22. The molecule has 0 saturated carbocycles. The smallest absolute Gasteiger partial charge is 0.325 e. The lowest BCUT2D eigenvalue weighted by Crippen LogP contribution is -2.49. The van der Waals surface area contributed by atoms with Gasteiger partial charge >= 0.3 is 6.03 Å². The zero-order valence-corrected chi connectivity index (χ0v) is 42.4. The molecule has 0 bridgehead atoms. The van der Waals surface area contributed by atoms with E-state index in [1.165, 1.54) is 12.1 Å². The minimum Gasteiger partial charge on any atom is -0.508 e. The number of amides is 4. The number of aromatic hydroxyl groups is 2. The molecule has 4 aromatic carbocycles. The zero-order chi connectivity index (χ0) is 51.3. The maximum atomic E-state index is 13.9. The van der Waals surface area contributed by atoms with Gasteiger partial charge in [-0.2, -0.15) is 4.98 Å². The predicted molar refractivity (Wildman–Crippen MR) is 285 cm³/mol. The second-order valence-corrected chi connectivity index (χ2v) is 19.6. The standard InChI is InChI=1S/C55H68N12O6/c1-5-9-39-30-43(48(69)32-47(39)68)50(56)67(54(57)72)40-14-12-36(13-15-40)34-63-26-28-64(29-27-63)35-37-18-22-66(23-19-37)52(70)38-20-24-65(25-21-38)41-16-17-44(49(31-41)73-6-2)59-55-58-33-46-51(60-55)61(3)45-11-8-7-10-42(45)53(71)62(46)4/h7-8,10-17,30-33,37-38,56,68-69H,5-6,9,18-29,34-35H2,1-4H3,(H2,57,72)(H,58,59,60). The SMILES string of the molecule is CCCc1cc(C(=N)N(C(N)=O)c2ccc(CN3CCN(CC4CCN(C(=O)C5CCN(c6ccc(Nc7ncc8c(n7)N(C)c7ccccc7C(=O)N8C)c(OCC)c6)CC5)CC4)CC3)cc2)c(O)cc1O. The number of primary amides is 1. The fourth-order valence-electron chi connectivity index (χ4n) is 10.7. The van der Waals surface area contributed by atoms with Gasteiger partial charge in [0.1, 0.15) is 28.8 Å². The molecule has 18 nitrogen and oxygen atoms in total. The van der Waals surface area contributed by atoms with Crippen molar-refractivity contribution in [2.75, 3.05) is 105 Å². The topological polar surface area (TPSA) is 211 Å². The number of hydrogen-bond acceptors (Lipinski definition) is 14. The van der Waals surface area contributed by atoms with E-state index in [4.69, 9.17) is 20.9 Å². The molecule has 0 aliphatic carbocycles. The molecular weight excluding hydrogens is 925 g/mol. The summed E-state index contributed by atoms with van der Waals surface area (Å²) in [6, 6.07) is 22.9. The van der Waals surface area contributed by atoms with Crippen molar-refractivity contribution >= 4 is 63.9 Å². The highest BCUT2D eigenvalue weighted by Crippen LogP contribution is 2.40. The van der Waals surface area contributed by atoms with Crippen LogP contribution in [0.15, 0.2) is 85.1 Å². The van der Waals surface area contributed by atoms with E-state index in [1.54, 1.807) is 30.3 Å². The van der Waals surface area contributed by atoms with Crippen molar-refractivity contribution in [1.29, 1.82) is 5.41 Å². The molecule has 4 aliphatic heterocycles. The summed E-state index contributed by atoms with van der Waals surface area (Å²) in [5, 5.41) is 33.0. The number of nitrogens with two attached hydrogens (primary N) is 1. The number of phenolic OH excluding ortho intramolecular Hbond substituents is 2. The van der Waals surface area contributed by atoms with Gasteiger partial charge in [0.25, 0.3) is 5.91 Å². The number of amidine groups is 1. The van der Waals surface area contributed by atoms with Crippen LogP contribution in [0, 0.1) is 17.2 Å². The molecule has 3 fully saturated rings. The average Bonchev–Trinajstić information content (AvgIpc) is 3.47. The first kappa shape index (κ1) is 50.5. The number of piperidine rings is 2. The molecule has 1 aromatic heterocycles. The van der Waals surface area contributed by atoms with Crippen molar-refractivity contribution in [3.8, 4) is 17.2 Å². The lowest BCUT2D eigenvalue weighted by Gasteiger charge is -2.40. The molecule has 0 spiro atoms. The summed E-state index contributed by atoms with van der Waals surface area (Å²) >= 11 is 0. The Hall–Kier alpha value is -7.44. The zero-order valence-electron chi connectivity index (χ0n) is 42.4. The summed E-state index contributed by atoms with van der Waals surface area (Å²) in [6.45, 7) is 13.2. The maximum Gasteiger partial charge on any atom is 0.325 e. The van der Waals surface area contributed by atoms with Crippen LogP contribution in [-0.2, 0) is 17.8 Å². The number of para-hydroxylation sites is 1. The molecule has 3 saturated heterocycles. The van der Waals surface area contributed by atoms with E-state index in [2.05, 4.69) is 36.0 Å². The van der Waals surface area contributed by atoms with Crippen LogP contribution in [0.4, 0.5) is 45.0 Å². The number of anilines is 7. The van der Waals surface area contributed by atoms with Crippen LogP contribution in [0.3, 0.4) is 0 Å². The number of carbonyl (C=O) groups excluding carboxylic acids is 3. The summed E-state index contributed by atoms with van der Waals surface area (Å²) in [5.74, 6) is 1.80. The minimum atomic E-state index is -0.843. The number of carbonyl (C=O) groups is 3. The molecule has 73 heavy (non-hydrogen) atoms. The molecule has 4 aliphatic rings. The number of aromatic nitrogens is 2. The third-order valence-electron chi connectivity index (χ3n) is 14.9. The first-order chi connectivity index (χ1) is 35.3. The Labute approximate surface area is 427 Å². The van der Waals surface area contributed by atoms with Crippen LogP contribution in [0.5, 0.6) is 17.2 Å². The Morgan fingerprint density at radius 1 is 0.836 bits per heavy atom. The van der Waals surface area contributed by atoms with Gasteiger partial charge in [0, 0.05) is 103 Å². The van der Waals surface area contributed by atoms with Gasteiger partial charge in [-0.15, -0.1) is 0 Å². The summed E-state index contributed by atoms with van der Waals surface area (Å²) in [6.07, 6.45) is 6.63. The molecule has 5 heterocycles. The van der Waals surface area contributed by atoms with Gasteiger partial charge in [0.15, 0.2) is 5.82 Å². The monoisotopic (exact) mass is 993 g/mol. The van der Waals surface area contributed by atoms with Crippen molar-refractivity contribution in [1.82, 2.24) is 24.7 Å². The molecule has 18 heteroatoms. The number of rotatable bonds is 14. The van der Waals surface area contributed by atoms with Crippen LogP contribution >= 0.6 is 0 Å². The second kappa shape index (κ2) is 22.1. The van der Waals surface area contributed by atoms with Gasteiger partial charge in [-0.1, -0.05) is 37.6 Å². The van der Waals surface area contributed by atoms with Crippen LogP contribution in [0.2, 0.25) is 0 Å². The number of fused-ring (bicyclic) bond motifs is 2. The van der Waals surface area contributed by atoms with E-state index >= 15 is 0 Å². The van der Waals surface area contributed by atoms with E-state index in [0.29, 0.717) is 59.0 Å². The number of ether oxygens (including phenoxy) is 1. The molecule has 384 valence electrons. The molecule has 9 rings (SSSR count). The first-order valence-corrected chi connectivity index (χ1v) is 25.6. The molecule has 0 atom stereocenters. The van der Waals surface area contributed by atoms with Crippen molar-refractivity contribution < 1.29 is 29.3 Å². The number of hydrogen-bond donors (Lipinski definition) is 5. The first-order valence-electron chi connectivity index (χ1n) is 25.6. The second-order valence-electron chi connectivity index (χ2n) is 19.6. The number of aryl methyl sites for hydroxylation is 1. The third-order valence-corrected chi connectivity index (χ3v) is 14.9. The van der Waals surface area contributed by atoms with E-state index in [9.17, 15) is 24.6 Å². The summed E-state index contributed by atoms with van der Waals surface area (Å²) in [4.78, 5) is 63.2.